The first kappa shape index (κ1) is 17.1. The summed E-state index contributed by atoms with van der Waals surface area (Å²) < 4.78 is 0. The molecule has 1 N–H and O–H groups in total. The molecule has 0 saturated heterocycles. The quantitative estimate of drug-likeness (QED) is 0.864. The van der Waals surface area contributed by atoms with E-state index in [1.165, 1.54) is 0 Å². The number of amides is 2. The topological polar surface area (TPSA) is 45.2 Å². The molecule has 1 atom stereocenters. The maximum Gasteiger partial charge on any atom is 0.317 e. The van der Waals surface area contributed by atoms with Crippen molar-refractivity contribution in [3.05, 3.63) is 49.9 Å². The summed E-state index contributed by atoms with van der Waals surface area (Å²) in [6, 6.07) is 5.01. The minimum atomic E-state index is -0.165. The number of carbonyl (C=O) groups excluding carboxylic acids is 1. The number of hydrogen-bond donors (Lipinski definition) is 1. The van der Waals surface area contributed by atoms with Crippen LogP contribution < -0.4 is 5.32 Å². The first-order valence-electron chi connectivity index (χ1n) is 6.74. The molecule has 22 heavy (non-hydrogen) atoms. The van der Waals surface area contributed by atoms with E-state index in [9.17, 15) is 4.79 Å². The van der Waals surface area contributed by atoms with E-state index < -0.39 is 0 Å². The second-order valence-corrected chi connectivity index (χ2v) is 6.94. The second kappa shape index (κ2) is 7.31. The van der Waals surface area contributed by atoms with Gasteiger partial charge in [-0.3, -0.25) is 0 Å². The third-order valence-electron chi connectivity index (χ3n) is 3.20. The molecule has 0 fully saturated rings. The van der Waals surface area contributed by atoms with Gasteiger partial charge in [-0.1, -0.05) is 29.3 Å². The molecule has 1 aromatic heterocycles. The third-order valence-corrected chi connectivity index (χ3v) is 4.76. The second-order valence-electron chi connectivity index (χ2n) is 5.06. The normalized spacial score (nSPS) is 12.0. The van der Waals surface area contributed by atoms with Crippen LogP contribution in [-0.4, -0.2) is 23.0 Å². The van der Waals surface area contributed by atoms with Crippen LogP contribution in [0.4, 0.5) is 4.79 Å². The van der Waals surface area contributed by atoms with Gasteiger partial charge in [0.25, 0.3) is 0 Å². The van der Waals surface area contributed by atoms with Crippen LogP contribution in [0.5, 0.6) is 0 Å². The number of nitrogens with zero attached hydrogens (tertiary/aromatic N) is 2. The molecular formula is C15H17Cl2N3OS. The van der Waals surface area contributed by atoms with Crippen molar-refractivity contribution >= 4 is 40.6 Å². The summed E-state index contributed by atoms with van der Waals surface area (Å²) in [4.78, 5) is 18.2. The standard InChI is InChI=1S/C15H17Cl2N3OS/c1-9(11-4-5-13(16)14(17)6-11)18-15(21)20(3)7-12-8-22-10(2)19-12/h4-6,8-9H,7H2,1-3H3,(H,18,21). The average Bonchev–Trinajstić information content (AvgIpc) is 2.86. The number of urea groups is 1. The summed E-state index contributed by atoms with van der Waals surface area (Å²) in [5, 5.41) is 6.86. The molecule has 0 spiro atoms. The molecule has 2 amide bonds. The number of rotatable bonds is 4. The number of carbonyl (C=O) groups is 1. The molecule has 1 unspecified atom stereocenters. The zero-order valence-corrected chi connectivity index (χ0v) is 14.9. The molecule has 118 valence electrons. The minimum Gasteiger partial charge on any atom is -0.331 e. The fourth-order valence-electron chi connectivity index (χ4n) is 1.96. The van der Waals surface area contributed by atoms with Crippen LogP contribution in [0.2, 0.25) is 10.0 Å². The van der Waals surface area contributed by atoms with E-state index in [1.807, 2.05) is 25.3 Å². The Labute approximate surface area is 144 Å². The molecule has 0 aliphatic carbocycles. The number of aryl methyl sites for hydroxylation is 1. The first-order valence-corrected chi connectivity index (χ1v) is 8.38. The van der Waals surface area contributed by atoms with Crippen LogP contribution >= 0.6 is 34.5 Å². The van der Waals surface area contributed by atoms with Crippen molar-refractivity contribution in [1.82, 2.24) is 15.2 Å². The molecule has 0 radical (unpaired) electrons. The summed E-state index contributed by atoms with van der Waals surface area (Å²) in [6.45, 7) is 4.32. The molecule has 0 saturated carbocycles. The largest absolute Gasteiger partial charge is 0.331 e. The molecule has 7 heteroatoms. The monoisotopic (exact) mass is 357 g/mol. The Kier molecular flexibility index (Phi) is 5.67. The molecule has 2 rings (SSSR count). The van der Waals surface area contributed by atoms with Gasteiger partial charge in [0.05, 0.1) is 33.3 Å². The van der Waals surface area contributed by atoms with Crippen LogP contribution in [-0.2, 0) is 6.54 Å². The molecular weight excluding hydrogens is 341 g/mol. The molecule has 1 heterocycles. The molecule has 0 bridgehead atoms. The van der Waals surface area contributed by atoms with Crippen LogP contribution in [0, 0.1) is 6.92 Å². The lowest BCUT2D eigenvalue weighted by atomic mass is 10.1. The Bertz CT molecular complexity index is 675. The molecule has 0 aliphatic rings. The Morgan fingerprint density at radius 2 is 2.14 bits per heavy atom. The summed E-state index contributed by atoms with van der Waals surface area (Å²) in [7, 11) is 1.74. The minimum absolute atomic E-state index is 0.163. The fourth-order valence-corrected chi connectivity index (χ4v) is 2.87. The summed E-state index contributed by atoms with van der Waals surface area (Å²) in [5.74, 6) is 0. The van der Waals surface area contributed by atoms with Gasteiger partial charge in [0, 0.05) is 12.4 Å². The molecule has 4 nitrogen and oxygen atoms in total. The Balaban J connectivity index is 1.96. The van der Waals surface area contributed by atoms with E-state index in [0.717, 1.165) is 16.3 Å². The maximum absolute atomic E-state index is 12.2. The van der Waals surface area contributed by atoms with Gasteiger partial charge in [0.1, 0.15) is 0 Å². The number of hydrogen-bond acceptors (Lipinski definition) is 3. The lowest BCUT2D eigenvalue weighted by Gasteiger charge is -2.21. The smallest absolute Gasteiger partial charge is 0.317 e. The summed E-state index contributed by atoms with van der Waals surface area (Å²) in [5.41, 5.74) is 1.79. The Hall–Kier alpha value is -1.30. The maximum atomic E-state index is 12.2. The zero-order chi connectivity index (χ0) is 16.3. The van der Waals surface area contributed by atoms with Gasteiger partial charge in [0.15, 0.2) is 0 Å². The summed E-state index contributed by atoms with van der Waals surface area (Å²) >= 11 is 13.5. The van der Waals surface area contributed by atoms with E-state index >= 15 is 0 Å². The van der Waals surface area contributed by atoms with Gasteiger partial charge in [-0.05, 0) is 31.5 Å². The zero-order valence-electron chi connectivity index (χ0n) is 12.6. The average molecular weight is 358 g/mol. The number of nitrogens with one attached hydrogen (secondary N) is 1. The lowest BCUT2D eigenvalue weighted by molar-refractivity contribution is 0.203. The Morgan fingerprint density at radius 1 is 1.41 bits per heavy atom. The van der Waals surface area contributed by atoms with Gasteiger partial charge in [-0.2, -0.15) is 0 Å². The molecule has 2 aromatic rings. The van der Waals surface area contributed by atoms with Crippen LogP contribution in [0.3, 0.4) is 0 Å². The van der Waals surface area contributed by atoms with E-state index in [0.29, 0.717) is 16.6 Å². The van der Waals surface area contributed by atoms with Crippen molar-refractivity contribution in [3.8, 4) is 0 Å². The lowest BCUT2D eigenvalue weighted by Crippen LogP contribution is -2.38. The van der Waals surface area contributed by atoms with Crippen molar-refractivity contribution in [2.45, 2.75) is 26.4 Å². The van der Waals surface area contributed by atoms with Crippen LogP contribution in [0.25, 0.3) is 0 Å². The van der Waals surface area contributed by atoms with E-state index in [4.69, 9.17) is 23.2 Å². The van der Waals surface area contributed by atoms with Crippen molar-refractivity contribution in [1.29, 1.82) is 0 Å². The number of halogens is 2. The predicted molar refractivity (Wildman–Crippen MR) is 91.7 cm³/mol. The van der Waals surface area contributed by atoms with Gasteiger partial charge in [-0.25, -0.2) is 9.78 Å². The molecule has 1 aromatic carbocycles. The van der Waals surface area contributed by atoms with Crippen LogP contribution in [0.15, 0.2) is 23.6 Å². The van der Waals surface area contributed by atoms with Crippen molar-refractivity contribution in [2.24, 2.45) is 0 Å². The van der Waals surface area contributed by atoms with Crippen molar-refractivity contribution < 1.29 is 4.79 Å². The first-order chi connectivity index (χ1) is 10.4. The fraction of sp³-hybridized carbons (Fsp3) is 0.333. The highest BCUT2D eigenvalue weighted by Crippen LogP contribution is 2.25. The number of benzene rings is 1. The van der Waals surface area contributed by atoms with E-state index in [2.05, 4.69) is 10.3 Å². The van der Waals surface area contributed by atoms with Crippen LogP contribution in [0.1, 0.15) is 29.2 Å². The Morgan fingerprint density at radius 3 is 2.73 bits per heavy atom. The predicted octanol–water partition coefficient (Wildman–Crippen LogP) is 4.66. The number of aromatic nitrogens is 1. The van der Waals surface area contributed by atoms with Gasteiger partial charge in [-0.15, -0.1) is 11.3 Å². The summed E-state index contributed by atoms with van der Waals surface area (Å²) in [6.07, 6.45) is 0. The highest BCUT2D eigenvalue weighted by atomic mass is 35.5. The third kappa shape index (κ3) is 4.35. The van der Waals surface area contributed by atoms with Gasteiger partial charge >= 0.3 is 6.03 Å². The van der Waals surface area contributed by atoms with Gasteiger partial charge < -0.3 is 10.2 Å². The van der Waals surface area contributed by atoms with Crippen molar-refractivity contribution in [2.75, 3.05) is 7.05 Å². The highest BCUT2D eigenvalue weighted by Gasteiger charge is 2.15. The SMILES string of the molecule is Cc1nc(CN(C)C(=O)NC(C)c2ccc(Cl)c(Cl)c2)cs1. The molecule has 0 aliphatic heterocycles. The van der Waals surface area contributed by atoms with Crippen molar-refractivity contribution in [3.63, 3.8) is 0 Å². The van der Waals surface area contributed by atoms with Gasteiger partial charge in [0.2, 0.25) is 0 Å². The highest BCUT2D eigenvalue weighted by molar-refractivity contribution is 7.09. The van der Waals surface area contributed by atoms with E-state index in [-0.39, 0.29) is 12.1 Å². The van der Waals surface area contributed by atoms with E-state index in [1.54, 1.807) is 35.4 Å². The number of thiazole rings is 1.